The Morgan fingerprint density at radius 3 is 2.31 bits per heavy atom. The largest absolute Gasteiger partial charge is 0.370 e. The van der Waals surface area contributed by atoms with E-state index in [4.69, 9.17) is 16.6 Å². The Kier molecular flexibility index (Phi) is 15.4. The third-order valence-corrected chi connectivity index (χ3v) is 1.09. The minimum absolute atomic E-state index is 0. The molecule has 0 saturated heterocycles. The Morgan fingerprint density at radius 1 is 1.38 bits per heavy atom. The van der Waals surface area contributed by atoms with Crippen molar-refractivity contribution in [1.29, 1.82) is 10.8 Å². The van der Waals surface area contributed by atoms with Gasteiger partial charge < -0.3 is 11.1 Å². The first-order chi connectivity index (χ1) is 5.16. The molecule has 7 heteroatoms. The van der Waals surface area contributed by atoms with Crippen molar-refractivity contribution < 1.29 is 0 Å². The molecule has 0 aliphatic rings. The van der Waals surface area contributed by atoms with E-state index in [-0.39, 0.29) is 32.7 Å². The standard InChI is InChI=1S/C6H15N5.BH3.ClH/c1-2-3-4-10-6(9)11-5(7)8;;/h2-4H2,1H3,(H6,7,8,9,10,11);1H3;1H. The van der Waals surface area contributed by atoms with Crippen LogP contribution in [-0.4, -0.2) is 26.9 Å². The Balaban J connectivity index is -0.000000500. The number of unbranched alkanes of at least 4 members (excludes halogenated alkanes) is 1. The van der Waals surface area contributed by atoms with Crippen LogP contribution in [0.4, 0.5) is 0 Å². The lowest BCUT2D eigenvalue weighted by atomic mass is 10.3. The molecule has 78 valence electrons. The molecule has 0 rings (SSSR count). The lowest BCUT2D eigenvalue weighted by Gasteiger charge is -2.06. The van der Waals surface area contributed by atoms with Gasteiger partial charge in [0.05, 0.1) is 8.41 Å². The van der Waals surface area contributed by atoms with Gasteiger partial charge in [-0.15, -0.1) is 12.4 Å². The zero-order valence-corrected chi connectivity index (χ0v) is 7.92. The van der Waals surface area contributed by atoms with Crippen LogP contribution in [-0.2, 0) is 0 Å². The molecule has 0 atom stereocenters. The fourth-order valence-electron chi connectivity index (χ4n) is 0.569. The molecule has 0 bridgehead atoms. The van der Waals surface area contributed by atoms with Crippen molar-refractivity contribution in [3.8, 4) is 0 Å². The highest BCUT2D eigenvalue weighted by molar-refractivity contribution is 5.94. The molecule has 5 nitrogen and oxygen atoms in total. The summed E-state index contributed by atoms with van der Waals surface area (Å²) in [4.78, 5) is 0. The summed E-state index contributed by atoms with van der Waals surface area (Å²) in [6.45, 7) is 2.82. The average Bonchev–Trinajstić information content (AvgIpc) is 1.86. The maximum Gasteiger partial charge on any atom is 0.195 e. The van der Waals surface area contributed by atoms with Crippen molar-refractivity contribution in [3.63, 3.8) is 0 Å². The van der Waals surface area contributed by atoms with E-state index in [0.717, 1.165) is 19.4 Å². The van der Waals surface area contributed by atoms with Crippen LogP contribution in [0, 0.1) is 10.8 Å². The molecule has 0 heterocycles. The number of rotatable bonds is 3. The first-order valence-corrected chi connectivity index (χ1v) is 3.60. The fourth-order valence-corrected chi connectivity index (χ4v) is 0.569. The normalized spacial score (nSPS) is 7.46. The molecule has 0 aromatic rings. The fraction of sp³-hybridized carbons (Fsp3) is 0.667. The maximum absolute atomic E-state index is 7.15. The molecule has 0 spiro atoms. The molecule has 0 aromatic carbocycles. The molecular formula is C6H19BClN5. The molecular weight excluding hydrogens is 188 g/mol. The number of hydrogen-bond donors (Lipinski definition) is 5. The molecule has 0 saturated carbocycles. The first kappa shape index (κ1) is 18.0. The van der Waals surface area contributed by atoms with Crippen molar-refractivity contribution in [1.82, 2.24) is 10.6 Å². The van der Waals surface area contributed by atoms with Gasteiger partial charge in [-0.05, 0) is 6.42 Å². The van der Waals surface area contributed by atoms with Gasteiger partial charge in [0.1, 0.15) is 0 Å². The molecule has 13 heavy (non-hydrogen) atoms. The van der Waals surface area contributed by atoms with E-state index in [1.54, 1.807) is 0 Å². The zero-order chi connectivity index (χ0) is 8.69. The van der Waals surface area contributed by atoms with Gasteiger partial charge in [0, 0.05) is 6.54 Å². The van der Waals surface area contributed by atoms with Crippen LogP contribution in [0.15, 0.2) is 0 Å². The summed E-state index contributed by atoms with van der Waals surface area (Å²) in [7, 11) is 0. The molecule has 0 fully saturated rings. The highest BCUT2D eigenvalue weighted by Gasteiger charge is 1.93. The van der Waals surface area contributed by atoms with Crippen molar-refractivity contribution in [2.75, 3.05) is 6.54 Å². The van der Waals surface area contributed by atoms with E-state index in [9.17, 15) is 0 Å². The van der Waals surface area contributed by atoms with E-state index in [2.05, 4.69) is 17.6 Å². The van der Waals surface area contributed by atoms with Crippen molar-refractivity contribution in [2.45, 2.75) is 19.8 Å². The van der Waals surface area contributed by atoms with Gasteiger partial charge in [-0.25, -0.2) is 0 Å². The summed E-state index contributed by atoms with van der Waals surface area (Å²) in [6.07, 6.45) is 2.10. The van der Waals surface area contributed by atoms with Gasteiger partial charge >= 0.3 is 0 Å². The smallest absolute Gasteiger partial charge is 0.195 e. The quantitative estimate of drug-likeness (QED) is 0.178. The van der Waals surface area contributed by atoms with Crippen LogP contribution in [0.1, 0.15) is 19.8 Å². The molecule has 0 aliphatic heterocycles. The average molecular weight is 208 g/mol. The summed E-state index contributed by atoms with van der Waals surface area (Å²) >= 11 is 0. The Labute approximate surface area is 86.8 Å². The lowest BCUT2D eigenvalue weighted by Crippen LogP contribution is -2.43. The highest BCUT2D eigenvalue weighted by atomic mass is 35.5. The number of nitrogens with two attached hydrogens (primary N) is 1. The van der Waals surface area contributed by atoms with Crippen LogP contribution >= 0.6 is 12.4 Å². The van der Waals surface area contributed by atoms with Crippen molar-refractivity contribution in [2.24, 2.45) is 5.73 Å². The van der Waals surface area contributed by atoms with Gasteiger partial charge in [-0.3, -0.25) is 16.1 Å². The Bertz CT molecular complexity index is 152. The summed E-state index contributed by atoms with van der Waals surface area (Å²) in [6, 6.07) is 0. The SMILES string of the molecule is B.CCCCNC(=N)NC(=N)N.Cl. The molecule has 0 aliphatic carbocycles. The molecule has 0 aromatic heterocycles. The van der Waals surface area contributed by atoms with E-state index >= 15 is 0 Å². The number of guanidine groups is 2. The Morgan fingerprint density at radius 2 is 1.92 bits per heavy atom. The van der Waals surface area contributed by atoms with Gasteiger partial charge in [0.2, 0.25) is 0 Å². The van der Waals surface area contributed by atoms with Crippen LogP contribution < -0.4 is 16.4 Å². The first-order valence-electron chi connectivity index (χ1n) is 3.60. The third kappa shape index (κ3) is 14.0. The second-order valence-corrected chi connectivity index (χ2v) is 2.19. The highest BCUT2D eigenvalue weighted by Crippen LogP contribution is 1.80. The summed E-state index contributed by atoms with van der Waals surface area (Å²) < 4.78 is 0. The van der Waals surface area contributed by atoms with E-state index < -0.39 is 0 Å². The lowest BCUT2D eigenvalue weighted by molar-refractivity contribution is 0.744. The van der Waals surface area contributed by atoms with Crippen LogP contribution in [0.2, 0.25) is 0 Å². The predicted octanol–water partition coefficient (Wildman–Crippen LogP) is -0.968. The molecule has 0 amide bonds. The van der Waals surface area contributed by atoms with Crippen molar-refractivity contribution in [3.05, 3.63) is 0 Å². The molecule has 0 radical (unpaired) electrons. The van der Waals surface area contributed by atoms with Gasteiger partial charge in [-0.2, -0.15) is 0 Å². The molecule has 0 unspecified atom stereocenters. The van der Waals surface area contributed by atoms with Gasteiger partial charge in [0.25, 0.3) is 0 Å². The maximum atomic E-state index is 7.15. The Hall–Kier alpha value is -0.905. The van der Waals surface area contributed by atoms with Gasteiger partial charge in [-0.1, -0.05) is 13.3 Å². The van der Waals surface area contributed by atoms with Crippen LogP contribution in [0.5, 0.6) is 0 Å². The van der Waals surface area contributed by atoms with E-state index in [1.165, 1.54) is 0 Å². The number of hydrogen-bond acceptors (Lipinski definition) is 2. The summed E-state index contributed by atoms with van der Waals surface area (Å²) in [5.41, 5.74) is 4.99. The van der Waals surface area contributed by atoms with Gasteiger partial charge in [0.15, 0.2) is 11.9 Å². The third-order valence-electron chi connectivity index (χ3n) is 1.09. The summed E-state index contributed by atoms with van der Waals surface area (Å²) in [5, 5.41) is 19.0. The minimum Gasteiger partial charge on any atom is -0.370 e. The second kappa shape index (κ2) is 11.1. The zero-order valence-electron chi connectivity index (χ0n) is 7.11. The van der Waals surface area contributed by atoms with Crippen LogP contribution in [0.25, 0.3) is 0 Å². The van der Waals surface area contributed by atoms with Crippen LogP contribution in [0.3, 0.4) is 0 Å². The van der Waals surface area contributed by atoms with E-state index in [1.807, 2.05) is 0 Å². The minimum atomic E-state index is -0.209. The molecule has 6 N–H and O–H groups in total. The topological polar surface area (TPSA) is 97.8 Å². The predicted molar refractivity (Wildman–Crippen MR) is 62.9 cm³/mol. The monoisotopic (exact) mass is 207 g/mol. The number of halogens is 1. The van der Waals surface area contributed by atoms with Crippen molar-refractivity contribution >= 4 is 32.7 Å². The second-order valence-electron chi connectivity index (χ2n) is 2.19. The number of nitrogens with one attached hydrogen (secondary N) is 4. The summed E-state index contributed by atoms with van der Waals surface area (Å²) in [5.74, 6) is -0.120. The van der Waals surface area contributed by atoms with E-state index in [0.29, 0.717) is 0 Å².